The van der Waals surface area contributed by atoms with Gasteiger partial charge in [-0.15, -0.1) is 0 Å². The molecule has 2 heterocycles. The zero-order valence-corrected chi connectivity index (χ0v) is 17.8. The Balaban J connectivity index is 1.82. The summed E-state index contributed by atoms with van der Waals surface area (Å²) in [7, 11) is 1.53. The molecule has 0 aliphatic rings. The Morgan fingerprint density at radius 1 is 1.22 bits per heavy atom. The van der Waals surface area contributed by atoms with Crippen molar-refractivity contribution in [3.05, 3.63) is 80.9 Å². The van der Waals surface area contributed by atoms with Crippen molar-refractivity contribution in [2.75, 3.05) is 0 Å². The summed E-state index contributed by atoms with van der Waals surface area (Å²) >= 11 is 0.951. The van der Waals surface area contributed by atoms with Crippen LogP contribution in [0.2, 0.25) is 0 Å². The molecule has 3 aromatic rings. The topological polar surface area (TPSA) is 145 Å². The number of hydrogen-bond acceptors (Lipinski definition) is 10. The molecule has 3 rings (SSSR count). The highest BCUT2D eigenvalue weighted by Gasteiger charge is 2.19. The van der Waals surface area contributed by atoms with Gasteiger partial charge in [0.25, 0.3) is 11.2 Å². The zero-order chi connectivity index (χ0) is 23.1. The third kappa shape index (κ3) is 5.98. The van der Waals surface area contributed by atoms with Crippen molar-refractivity contribution >= 4 is 41.0 Å². The lowest BCUT2D eigenvalue weighted by atomic mass is 10.3. The molecule has 2 aromatic heterocycles. The average molecular weight is 451 g/mol. The summed E-state index contributed by atoms with van der Waals surface area (Å²) < 4.78 is 1.29. The van der Waals surface area contributed by atoms with Crippen molar-refractivity contribution in [1.29, 1.82) is 0 Å². The van der Waals surface area contributed by atoms with Crippen LogP contribution < -0.4 is 5.56 Å². The van der Waals surface area contributed by atoms with E-state index in [0.29, 0.717) is 5.69 Å². The number of Topliss-reactive ketones (excluding diaryl/α,β-unsaturated/α-hetero) is 1. The van der Waals surface area contributed by atoms with Gasteiger partial charge in [-0.1, -0.05) is 11.8 Å². The van der Waals surface area contributed by atoms with Gasteiger partial charge in [-0.3, -0.25) is 29.3 Å². The van der Waals surface area contributed by atoms with Crippen LogP contribution in [0.3, 0.4) is 0 Å². The summed E-state index contributed by atoms with van der Waals surface area (Å²) in [5.74, 6) is -0.123. The van der Waals surface area contributed by atoms with E-state index >= 15 is 0 Å². The first kappa shape index (κ1) is 22.6. The first-order valence-electron chi connectivity index (χ1n) is 9.18. The highest BCUT2D eigenvalue weighted by atomic mass is 32.2. The number of carbonyl (C=O) groups excluding carboxylic acids is 1. The second-order valence-electron chi connectivity index (χ2n) is 6.40. The van der Waals surface area contributed by atoms with Crippen LogP contribution in [0.5, 0.6) is 0 Å². The number of nitro groups is 1. The molecule has 0 spiro atoms. The summed E-state index contributed by atoms with van der Waals surface area (Å²) in [4.78, 5) is 47.1. The number of ketones is 1. The van der Waals surface area contributed by atoms with E-state index in [0.717, 1.165) is 17.3 Å². The number of rotatable bonds is 8. The lowest BCUT2D eigenvalue weighted by molar-refractivity contribution is -0.384. The maximum atomic E-state index is 12.3. The van der Waals surface area contributed by atoms with Crippen molar-refractivity contribution in [2.45, 2.75) is 17.5 Å². The monoisotopic (exact) mass is 451 g/mol. The summed E-state index contributed by atoms with van der Waals surface area (Å²) in [6, 6.07) is 10.2. The molecule has 11 nitrogen and oxygen atoms in total. The van der Waals surface area contributed by atoms with E-state index in [1.807, 2.05) is 0 Å². The highest BCUT2D eigenvalue weighted by molar-refractivity contribution is 8.00. The molecular weight excluding hydrogens is 434 g/mol. The van der Waals surface area contributed by atoms with Crippen LogP contribution in [-0.4, -0.2) is 36.8 Å². The predicted molar refractivity (Wildman–Crippen MR) is 119 cm³/mol. The van der Waals surface area contributed by atoms with E-state index in [4.69, 9.17) is 0 Å². The van der Waals surface area contributed by atoms with Gasteiger partial charge >= 0.3 is 0 Å². The van der Waals surface area contributed by atoms with Crippen LogP contribution >= 0.6 is 11.8 Å². The van der Waals surface area contributed by atoms with Crippen LogP contribution in [0, 0.1) is 10.1 Å². The number of nitro benzene ring substituents is 1. The minimum atomic E-state index is -0.970. The van der Waals surface area contributed by atoms with E-state index in [9.17, 15) is 19.7 Å². The predicted octanol–water partition coefficient (Wildman–Crippen LogP) is 3.63. The van der Waals surface area contributed by atoms with E-state index in [1.165, 1.54) is 48.9 Å². The SMILES string of the molecule is CC(=O)C(N=Nc1ccc([N+](=O)[O-])cc1)Sc1nc(/N=C\c2ccncc2)cc(=O)n1C. The van der Waals surface area contributed by atoms with Gasteiger partial charge < -0.3 is 0 Å². The third-order valence-corrected chi connectivity index (χ3v) is 5.26. The first-order valence-corrected chi connectivity index (χ1v) is 10.1. The van der Waals surface area contributed by atoms with E-state index in [2.05, 4.69) is 25.2 Å². The van der Waals surface area contributed by atoms with Gasteiger partial charge in [-0.2, -0.15) is 10.2 Å². The van der Waals surface area contributed by atoms with Crippen molar-refractivity contribution < 1.29 is 9.72 Å². The van der Waals surface area contributed by atoms with Crippen molar-refractivity contribution in [1.82, 2.24) is 14.5 Å². The number of carbonyl (C=O) groups is 1. The summed E-state index contributed by atoms with van der Waals surface area (Å²) in [6.45, 7) is 1.34. The van der Waals surface area contributed by atoms with Crippen LogP contribution in [0.4, 0.5) is 17.2 Å². The smallest absolute Gasteiger partial charge is 0.269 e. The second kappa shape index (κ2) is 10.3. The minimum absolute atomic E-state index is 0.0789. The van der Waals surface area contributed by atoms with Crippen molar-refractivity contribution in [2.24, 2.45) is 22.3 Å². The maximum absolute atomic E-state index is 12.3. The molecule has 0 amide bonds. The number of thioether (sulfide) groups is 1. The Kier molecular flexibility index (Phi) is 7.29. The molecule has 1 aromatic carbocycles. The number of aromatic nitrogens is 3. The molecular formula is C20H17N7O4S. The van der Waals surface area contributed by atoms with Crippen molar-refractivity contribution in [3.8, 4) is 0 Å². The molecule has 12 heteroatoms. The Labute approximate surface area is 186 Å². The van der Waals surface area contributed by atoms with Crippen LogP contribution in [0.15, 0.2) is 80.0 Å². The van der Waals surface area contributed by atoms with Gasteiger partial charge in [0.05, 0.1) is 10.6 Å². The highest BCUT2D eigenvalue weighted by Crippen LogP contribution is 2.26. The Hall–Kier alpha value is -4.06. The fraction of sp³-hybridized carbons (Fsp3) is 0.150. The number of hydrogen-bond donors (Lipinski definition) is 0. The number of aliphatic imine (C=N–C) groups is 1. The van der Waals surface area contributed by atoms with Gasteiger partial charge in [0.2, 0.25) is 0 Å². The molecule has 0 radical (unpaired) electrons. The third-order valence-electron chi connectivity index (χ3n) is 4.04. The molecule has 0 aliphatic carbocycles. The standard InChI is InChI=1S/C20H17N7O4S/c1-13(28)19(25-24-15-3-5-16(6-4-15)27(30)31)32-20-23-17(11-18(29)26(20)2)22-12-14-7-9-21-10-8-14/h3-12,19H,1-2H3/b22-12-,25-24?. The normalized spacial score (nSPS) is 12.3. The molecule has 0 aliphatic heterocycles. The first-order chi connectivity index (χ1) is 15.3. The van der Waals surface area contributed by atoms with Crippen LogP contribution in [0.1, 0.15) is 12.5 Å². The largest absolute Gasteiger partial charge is 0.297 e. The lowest BCUT2D eigenvalue weighted by Crippen LogP contribution is -2.20. The van der Waals surface area contributed by atoms with Gasteiger partial charge in [0.15, 0.2) is 22.1 Å². The van der Waals surface area contributed by atoms with Gasteiger partial charge in [0.1, 0.15) is 0 Å². The summed E-state index contributed by atoms with van der Waals surface area (Å²) in [5.41, 5.74) is 0.707. The van der Waals surface area contributed by atoms with Crippen LogP contribution in [-0.2, 0) is 11.8 Å². The fourth-order valence-electron chi connectivity index (χ4n) is 2.32. The summed E-state index contributed by atoms with van der Waals surface area (Å²) in [5, 5.41) is 18.0. The number of benzene rings is 1. The number of nitrogens with zero attached hydrogens (tertiary/aromatic N) is 7. The zero-order valence-electron chi connectivity index (χ0n) is 17.0. The van der Waals surface area contributed by atoms with Crippen molar-refractivity contribution in [3.63, 3.8) is 0 Å². The molecule has 1 unspecified atom stereocenters. The fourth-order valence-corrected chi connectivity index (χ4v) is 3.17. The maximum Gasteiger partial charge on any atom is 0.269 e. The molecule has 0 saturated carbocycles. The lowest BCUT2D eigenvalue weighted by Gasteiger charge is -2.10. The van der Waals surface area contributed by atoms with Crippen LogP contribution in [0.25, 0.3) is 0 Å². The molecule has 0 saturated heterocycles. The quantitative estimate of drug-likeness (QED) is 0.127. The second-order valence-corrected chi connectivity index (χ2v) is 7.45. The van der Waals surface area contributed by atoms with E-state index in [-0.39, 0.29) is 28.0 Å². The van der Waals surface area contributed by atoms with Gasteiger partial charge in [-0.25, -0.2) is 9.98 Å². The number of pyridine rings is 1. The molecule has 162 valence electrons. The molecule has 0 bridgehead atoms. The minimum Gasteiger partial charge on any atom is -0.297 e. The molecule has 0 N–H and O–H groups in total. The molecule has 0 fully saturated rings. The van der Waals surface area contributed by atoms with Gasteiger partial charge in [0, 0.05) is 43.9 Å². The Morgan fingerprint density at radius 3 is 2.53 bits per heavy atom. The number of azo groups is 1. The average Bonchev–Trinajstić information content (AvgIpc) is 2.78. The van der Waals surface area contributed by atoms with E-state index in [1.54, 1.807) is 30.7 Å². The van der Waals surface area contributed by atoms with Gasteiger partial charge in [-0.05, 0) is 36.8 Å². The Bertz CT molecular complexity index is 1240. The molecule has 1 atom stereocenters. The summed E-state index contributed by atoms with van der Waals surface area (Å²) in [6.07, 6.45) is 4.79. The molecule has 32 heavy (non-hydrogen) atoms. The number of non-ortho nitro benzene ring substituents is 1. The van der Waals surface area contributed by atoms with E-state index < -0.39 is 10.3 Å². The Morgan fingerprint density at radius 2 is 1.91 bits per heavy atom.